The summed E-state index contributed by atoms with van der Waals surface area (Å²) in [6.07, 6.45) is 0. The van der Waals surface area contributed by atoms with E-state index in [9.17, 15) is 0 Å². The smallest absolute Gasteiger partial charge is 0.174 e. The van der Waals surface area contributed by atoms with Crippen molar-refractivity contribution in [2.24, 2.45) is 0 Å². The molecule has 0 spiro atoms. The first-order valence-electron chi connectivity index (χ1n) is 16.7. The number of aromatic nitrogens is 4. The molecule has 1 aliphatic heterocycles. The van der Waals surface area contributed by atoms with E-state index in [1.807, 2.05) is 11.8 Å². The summed E-state index contributed by atoms with van der Waals surface area (Å²) in [4.78, 5) is 4.95. The van der Waals surface area contributed by atoms with E-state index in [1.165, 1.54) is 71.7 Å². The zero-order chi connectivity index (χ0) is 32.1. The van der Waals surface area contributed by atoms with Crippen LogP contribution < -0.4 is 0 Å². The van der Waals surface area contributed by atoms with Crippen molar-refractivity contribution in [1.82, 2.24) is 18.7 Å². The molecule has 0 saturated carbocycles. The summed E-state index contributed by atoms with van der Waals surface area (Å²) >= 11 is 1.81. The molecule has 0 fully saturated rings. The maximum atomic E-state index is 4.95. The Morgan fingerprint density at radius 3 is 1.69 bits per heavy atom. The van der Waals surface area contributed by atoms with Crippen LogP contribution in [0.2, 0.25) is 0 Å². The number of hydrogen-bond acceptors (Lipinski definition) is 2. The van der Waals surface area contributed by atoms with Crippen LogP contribution in [0.3, 0.4) is 0 Å². The van der Waals surface area contributed by atoms with Crippen LogP contribution in [0.1, 0.15) is 5.56 Å². The molecule has 3 aromatic heterocycles. The third-order valence-electron chi connectivity index (χ3n) is 10.1. The molecule has 0 amide bonds. The molecule has 0 bridgehead atoms. The van der Waals surface area contributed by atoms with Gasteiger partial charge in [-0.2, -0.15) is 0 Å². The van der Waals surface area contributed by atoms with Crippen LogP contribution in [0, 0.1) is 0 Å². The lowest BCUT2D eigenvalue weighted by Gasteiger charge is -2.20. The van der Waals surface area contributed by atoms with Crippen LogP contribution in [0.4, 0.5) is 0 Å². The number of rotatable bonds is 3. The molecule has 49 heavy (non-hydrogen) atoms. The molecule has 0 atom stereocenters. The van der Waals surface area contributed by atoms with Crippen molar-refractivity contribution in [2.45, 2.75) is 10.9 Å². The van der Waals surface area contributed by atoms with Crippen molar-refractivity contribution in [3.05, 3.63) is 163 Å². The van der Waals surface area contributed by atoms with Crippen molar-refractivity contribution in [2.75, 3.05) is 0 Å². The number of imidazole rings is 1. The monoisotopic (exact) mass is 644 g/mol. The highest BCUT2D eigenvalue weighted by Crippen LogP contribution is 2.41. The van der Waals surface area contributed by atoms with E-state index in [2.05, 4.69) is 171 Å². The van der Waals surface area contributed by atoms with Gasteiger partial charge in [0.15, 0.2) is 5.16 Å². The maximum Gasteiger partial charge on any atom is 0.174 e. The van der Waals surface area contributed by atoms with Gasteiger partial charge in [0.2, 0.25) is 0 Å². The fourth-order valence-corrected chi connectivity index (χ4v) is 8.95. The topological polar surface area (TPSA) is 27.7 Å². The molecule has 0 N–H and O–H groups in total. The molecule has 10 aromatic rings. The highest BCUT2D eigenvalue weighted by atomic mass is 32.2. The quantitative estimate of drug-likeness (QED) is 0.191. The van der Waals surface area contributed by atoms with E-state index in [1.54, 1.807) is 0 Å². The van der Waals surface area contributed by atoms with Gasteiger partial charge in [-0.05, 0) is 89.5 Å². The molecular weight excluding hydrogens is 617 g/mol. The summed E-state index contributed by atoms with van der Waals surface area (Å²) in [7, 11) is 0. The van der Waals surface area contributed by atoms with Crippen LogP contribution >= 0.6 is 11.8 Å². The average molecular weight is 645 g/mol. The van der Waals surface area contributed by atoms with Crippen LogP contribution in [-0.2, 0) is 5.75 Å². The van der Waals surface area contributed by atoms with Gasteiger partial charge in [-0.15, -0.1) is 0 Å². The molecule has 11 rings (SSSR count). The fourth-order valence-electron chi connectivity index (χ4n) is 7.94. The van der Waals surface area contributed by atoms with Gasteiger partial charge in [0.1, 0.15) is 0 Å². The Balaban J connectivity index is 1.09. The molecule has 0 saturated heterocycles. The van der Waals surface area contributed by atoms with E-state index in [4.69, 9.17) is 4.98 Å². The second-order valence-electron chi connectivity index (χ2n) is 12.8. The molecule has 7 aromatic carbocycles. The Morgan fingerprint density at radius 2 is 1.00 bits per heavy atom. The van der Waals surface area contributed by atoms with Crippen LogP contribution in [0.25, 0.3) is 82.8 Å². The Hall–Kier alpha value is -6.04. The molecule has 1 aliphatic rings. The fraction of sp³-hybridized carbons (Fsp3) is 0.0227. The lowest BCUT2D eigenvalue weighted by molar-refractivity contribution is 0.892. The molecule has 4 heterocycles. The third-order valence-corrected chi connectivity index (χ3v) is 11.1. The molecule has 0 radical (unpaired) electrons. The summed E-state index contributed by atoms with van der Waals surface area (Å²) in [5.74, 6) is 0.920. The van der Waals surface area contributed by atoms with E-state index in [0.29, 0.717) is 0 Å². The van der Waals surface area contributed by atoms with Crippen LogP contribution in [-0.4, -0.2) is 18.7 Å². The first-order valence-corrected chi connectivity index (χ1v) is 17.6. The molecule has 0 unspecified atom stereocenters. The molecule has 5 heteroatoms. The number of hydrogen-bond donors (Lipinski definition) is 0. The number of nitrogens with zero attached hydrogens (tertiary/aromatic N) is 4. The lowest BCUT2D eigenvalue weighted by atomic mass is 10.0. The minimum absolute atomic E-state index is 0.920. The van der Waals surface area contributed by atoms with E-state index >= 15 is 0 Å². The second-order valence-corrected chi connectivity index (χ2v) is 13.8. The number of thioether (sulfide) groups is 1. The van der Waals surface area contributed by atoms with Crippen LogP contribution in [0.5, 0.6) is 0 Å². The van der Waals surface area contributed by atoms with Crippen molar-refractivity contribution in [1.29, 1.82) is 0 Å². The number of para-hydroxylation sites is 5. The predicted molar refractivity (Wildman–Crippen MR) is 205 cm³/mol. The van der Waals surface area contributed by atoms with Gasteiger partial charge in [-0.3, -0.25) is 4.57 Å². The summed E-state index contributed by atoms with van der Waals surface area (Å²) in [6, 6.07) is 57.4. The Morgan fingerprint density at radius 1 is 0.429 bits per heavy atom. The zero-order valence-corrected chi connectivity index (χ0v) is 27.2. The van der Waals surface area contributed by atoms with Gasteiger partial charge < -0.3 is 9.13 Å². The van der Waals surface area contributed by atoms with E-state index < -0.39 is 0 Å². The molecular formula is C44H28N4S. The normalized spacial score (nSPS) is 12.7. The van der Waals surface area contributed by atoms with Gasteiger partial charge in [0.05, 0.1) is 38.8 Å². The first kappa shape index (κ1) is 27.0. The lowest BCUT2D eigenvalue weighted by Crippen LogP contribution is -2.07. The van der Waals surface area contributed by atoms with Crippen molar-refractivity contribution in [3.8, 4) is 28.2 Å². The maximum absolute atomic E-state index is 4.95. The first-order chi connectivity index (χ1) is 24.3. The van der Waals surface area contributed by atoms with Gasteiger partial charge in [0.25, 0.3) is 0 Å². The molecule has 230 valence electrons. The summed E-state index contributed by atoms with van der Waals surface area (Å²) in [6.45, 7) is 0. The molecule has 4 nitrogen and oxygen atoms in total. The average Bonchev–Trinajstić information content (AvgIpc) is 3.82. The zero-order valence-electron chi connectivity index (χ0n) is 26.4. The van der Waals surface area contributed by atoms with Gasteiger partial charge >= 0.3 is 0 Å². The van der Waals surface area contributed by atoms with Crippen molar-refractivity contribution >= 4 is 66.4 Å². The van der Waals surface area contributed by atoms with Gasteiger partial charge in [0, 0.05) is 38.7 Å². The Bertz CT molecular complexity index is 2940. The number of benzene rings is 7. The van der Waals surface area contributed by atoms with Crippen molar-refractivity contribution in [3.63, 3.8) is 0 Å². The third kappa shape index (κ3) is 3.91. The SMILES string of the molecule is c1ccc(-n2c3ccccc3c3cc(-c4ccc5c(c4)c4ccccc4n5-c4ccc5c(c4)-n4c(nc6ccccc64)SC5)ccc32)cc1. The van der Waals surface area contributed by atoms with Crippen LogP contribution in [0.15, 0.2) is 163 Å². The highest BCUT2D eigenvalue weighted by Gasteiger charge is 2.22. The summed E-state index contributed by atoms with van der Waals surface area (Å²) < 4.78 is 7.13. The Labute approximate surface area is 286 Å². The minimum atomic E-state index is 0.920. The van der Waals surface area contributed by atoms with E-state index in [0.717, 1.165) is 27.6 Å². The standard InChI is InChI=1S/C44H28N4S/c1-2-10-31(11-3-1)46-38-15-7-4-12-33(38)35-24-28(19-22-40(35)46)29-20-23-41-36(25-29)34-13-5-8-16-39(34)47(41)32-21-18-30-27-49-44-45-37-14-6-9-17-42(37)48(44)43(30)26-32/h1-26H,27H2. The number of fused-ring (bicyclic) bond motifs is 11. The van der Waals surface area contributed by atoms with Gasteiger partial charge in [-0.25, -0.2) is 4.98 Å². The minimum Gasteiger partial charge on any atom is -0.309 e. The second kappa shape index (κ2) is 10.2. The Kier molecular flexibility index (Phi) is 5.63. The summed E-state index contributed by atoms with van der Waals surface area (Å²) in [5.41, 5.74) is 14.3. The summed E-state index contributed by atoms with van der Waals surface area (Å²) in [5, 5.41) is 6.09. The predicted octanol–water partition coefficient (Wildman–Crippen LogP) is 11.5. The highest BCUT2D eigenvalue weighted by molar-refractivity contribution is 7.98. The molecule has 0 aliphatic carbocycles. The van der Waals surface area contributed by atoms with E-state index in [-0.39, 0.29) is 0 Å². The largest absolute Gasteiger partial charge is 0.309 e. The van der Waals surface area contributed by atoms with Gasteiger partial charge in [-0.1, -0.05) is 96.7 Å². The van der Waals surface area contributed by atoms with Crippen molar-refractivity contribution < 1.29 is 0 Å².